The summed E-state index contributed by atoms with van der Waals surface area (Å²) in [5.74, 6) is -1.59. The number of morpholine rings is 1. The molecule has 0 amide bonds. The first-order valence-corrected chi connectivity index (χ1v) is 5.34. The van der Waals surface area contributed by atoms with Gasteiger partial charge in [0.05, 0.1) is 12.7 Å². The third-order valence-electron chi connectivity index (χ3n) is 2.59. The summed E-state index contributed by atoms with van der Waals surface area (Å²) in [5, 5.41) is 8.82. The second-order valence-electron chi connectivity index (χ2n) is 3.93. The molecule has 0 bridgehead atoms. The Balaban J connectivity index is 2.29. The van der Waals surface area contributed by atoms with E-state index in [9.17, 15) is 9.18 Å². The summed E-state index contributed by atoms with van der Waals surface area (Å²) in [7, 11) is 0. The summed E-state index contributed by atoms with van der Waals surface area (Å²) in [6.45, 7) is 3.38. The molecule has 1 fully saturated rings. The van der Waals surface area contributed by atoms with Gasteiger partial charge in [0, 0.05) is 13.1 Å². The highest BCUT2D eigenvalue weighted by molar-refractivity contribution is 5.85. The second-order valence-corrected chi connectivity index (χ2v) is 3.93. The van der Waals surface area contributed by atoms with Crippen LogP contribution in [0.15, 0.2) is 12.1 Å². The van der Waals surface area contributed by atoms with E-state index in [1.165, 1.54) is 0 Å². The summed E-state index contributed by atoms with van der Waals surface area (Å²) in [5.41, 5.74) is -0.152. The third-order valence-corrected chi connectivity index (χ3v) is 2.59. The SMILES string of the molecule is C[C@@H]1CN(c2nc(C(=O)O)ccc2F)CCO1. The predicted molar refractivity (Wildman–Crippen MR) is 58.8 cm³/mol. The first-order valence-electron chi connectivity index (χ1n) is 5.34. The van der Waals surface area contributed by atoms with E-state index in [4.69, 9.17) is 9.84 Å². The number of carbonyl (C=O) groups is 1. The fourth-order valence-electron chi connectivity index (χ4n) is 1.78. The third kappa shape index (κ3) is 2.52. The maximum Gasteiger partial charge on any atom is 0.354 e. The molecular weight excluding hydrogens is 227 g/mol. The van der Waals surface area contributed by atoms with Gasteiger partial charge in [-0.1, -0.05) is 0 Å². The van der Waals surface area contributed by atoms with Crippen molar-refractivity contribution in [2.45, 2.75) is 13.0 Å². The van der Waals surface area contributed by atoms with Crippen molar-refractivity contribution in [1.82, 2.24) is 4.98 Å². The Bertz CT molecular complexity index is 439. The Labute approximate surface area is 97.8 Å². The van der Waals surface area contributed by atoms with E-state index in [2.05, 4.69) is 4.98 Å². The molecule has 92 valence electrons. The molecule has 6 heteroatoms. The minimum Gasteiger partial charge on any atom is -0.477 e. The van der Waals surface area contributed by atoms with Crippen molar-refractivity contribution in [2.75, 3.05) is 24.6 Å². The lowest BCUT2D eigenvalue weighted by Gasteiger charge is -2.32. The van der Waals surface area contributed by atoms with Gasteiger partial charge in [-0.3, -0.25) is 0 Å². The highest BCUT2D eigenvalue weighted by Gasteiger charge is 2.22. The van der Waals surface area contributed by atoms with Crippen molar-refractivity contribution < 1.29 is 19.0 Å². The molecule has 0 aliphatic carbocycles. The van der Waals surface area contributed by atoms with Crippen molar-refractivity contribution in [3.63, 3.8) is 0 Å². The molecule has 2 rings (SSSR count). The van der Waals surface area contributed by atoms with Gasteiger partial charge < -0.3 is 14.7 Å². The first kappa shape index (κ1) is 11.8. The average Bonchev–Trinajstić information content (AvgIpc) is 2.29. The lowest BCUT2D eigenvalue weighted by atomic mass is 10.2. The van der Waals surface area contributed by atoms with Crippen LogP contribution in [0.4, 0.5) is 10.2 Å². The number of nitrogens with zero attached hydrogens (tertiary/aromatic N) is 2. The number of ether oxygens (including phenoxy) is 1. The quantitative estimate of drug-likeness (QED) is 0.840. The number of aromatic carboxylic acids is 1. The molecule has 1 aromatic heterocycles. The molecular formula is C11H13FN2O3. The maximum atomic E-state index is 13.6. The van der Waals surface area contributed by atoms with Gasteiger partial charge in [-0.2, -0.15) is 0 Å². The van der Waals surface area contributed by atoms with Gasteiger partial charge >= 0.3 is 5.97 Å². The largest absolute Gasteiger partial charge is 0.477 e. The molecule has 1 saturated heterocycles. The van der Waals surface area contributed by atoms with Gasteiger partial charge in [0.1, 0.15) is 0 Å². The molecule has 17 heavy (non-hydrogen) atoms. The van der Waals surface area contributed by atoms with Crippen LogP contribution in [0, 0.1) is 5.82 Å². The fraction of sp³-hybridized carbons (Fsp3) is 0.455. The standard InChI is InChI=1S/C11H13FN2O3/c1-7-6-14(4-5-17-7)10-8(12)2-3-9(13-10)11(15)16/h2-3,7H,4-6H2,1H3,(H,15,16)/t7-/m1/s1. The molecule has 0 unspecified atom stereocenters. The van der Waals surface area contributed by atoms with E-state index in [-0.39, 0.29) is 17.6 Å². The number of anilines is 1. The van der Waals surface area contributed by atoms with Crippen LogP contribution in [-0.2, 0) is 4.74 Å². The summed E-state index contributed by atoms with van der Waals surface area (Å²) >= 11 is 0. The number of hydrogen-bond donors (Lipinski definition) is 1. The second kappa shape index (κ2) is 4.67. The van der Waals surface area contributed by atoms with Crippen LogP contribution < -0.4 is 4.90 Å². The molecule has 1 aliphatic rings. The zero-order valence-electron chi connectivity index (χ0n) is 9.39. The smallest absolute Gasteiger partial charge is 0.354 e. The summed E-state index contributed by atoms with van der Waals surface area (Å²) < 4.78 is 18.9. The number of halogens is 1. The van der Waals surface area contributed by atoms with E-state index in [0.29, 0.717) is 19.7 Å². The Morgan fingerprint density at radius 2 is 2.41 bits per heavy atom. The molecule has 2 heterocycles. The van der Waals surface area contributed by atoms with Crippen molar-refractivity contribution >= 4 is 11.8 Å². The zero-order valence-corrected chi connectivity index (χ0v) is 9.39. The van der Waals surface area contributed by atoms with Crippen LogP contribution in [0.25, 0.3) is 0 Å². The number of rotatable bonds is 2. The summed E-state index contributed by atoms with van der Waals surface area (Å²) in [6, 6.07) is 2.29. The van der Waals surface area contributed by atoms with Crippen molar-refractivity contribution in [2.24, 2.45) is 0 Å². The van der Waals surface area contributed by atoms with Crippen LogP contribution in [0.3, 0.4) is 0 Å². The maximum absolute atomic E-state index is 13.6. The number of aromatic nitrogens is 1. The van der Waals surface area contributed by atoms with Gasteiger partial charge in [-0.05, 0) is 19.1 Å². The molecule has 5 nitrogen and oxygen atoms in total. The van der Waals surface area contributed by atoms with Gasteiger partial charge in [0.25, 0.3) is 0 Å². The van der Waals surface area contributed by atoms with Crippen LogP contribution in [-0.4, -0.2) is 41.9 Å². The monoisotopic (exact) mass is 240 g/mol. The normalized spacial score (nSPS) is 20.4. The van der Waals surface area contributed by atoms with Crippen LogP contribution in [0.5, 0.6) is 0 Å². The molecule has 1 atom stereocenters. The average molecular weight is 240 g/mol. The van der Waals surface area contributed by atoms with Crippen molar-refractivity contribution in [3.05, 3.63) is 23.6 Å². The van der Waals surface area contributed by atoms with Gasteiger partial charge in [0.15, 0.2) is 17.3 Å². The molecule has 1 aliphatic heterocycles. The van der Waals surface area contributed by atoms with Crippen LogP contribution >= 0.6 is 0 Å². The Morgan fingerprint density at radius 1 is 1.65 bits per heavy atom. The van der Waals surface area contributed by atoms with Gasteiger partial charge in [-0.25, -0.2) is 14.2 Å². The van der Waals surface area contributed by atoms with E-state index in [0.717, 1.165) is 12.1 Å². The number of hydrogen-bond acceptors (Lipinski definition) is 4. The predicted octanol–water partition coefficient (Wildman–Crippen LogP) is 1.14. The summed E-state index contributed by atoms with van der Waals surface area (Å²) in [4.78, 5) is 16.3. The van der Waals surface area contributed by atoms with Crippen LogP contribution in [0.2, 0.25) is 0 Å². The first-order chi connectivity index (χ1) is 8.08. The molecule has 0 spiro atoms. The minimum absolute atomic E-state index is 0.0153. The topological polar surface area (TPSA) is 62.7 Å². The Hall–Kier alpha value is -1.69. The molecule has 0 aromatic carbocycles. The fourth-order valence-corrected chi connectivity index (χ4v) is 1.78. The molecule has 1 N–H and O–H groups in total. The number of pyridine rings is 1. The van der Waals surface area contributed by atoms with Gasteiger partial charge in [-0.15, -0.1) is 0 Å². The lowest BCUT2D eigenvalue weighted by Crippen LogP contribution is -2.42. The van der Waals surface area contributed by atoms with Crippen LogP contribution in [0.1, 0.15) is 17.4 Å². The molecule has 0 radical (unpaired) electrons. The number of carboxylic acids is 1. The zero-order chi connectivity index (χ0) is 12.4. The highest BCUT2D eigenvalue weighted by atomic mass is 19.1. The Morgan fingerprint density at radius 3 is 3.06 bits per heavy atom. The van der Waals surface area contributed by atoms with E-state index in [1.54, 1.807) is 4.90 Å². The van der Waals surface area contributed by atoms with E-state index in [1.807, 2.05) is 6.92 Å². The van der Waals surface area contributed by atoms with Crippen molar-refractivity contribution in [1.29, 1.82) is 0 Å². The highest BCUT2D eigenvalue weighted by Crippen LogP contribution is 2.19. The van der Waals surface area contributed by atoms with E-state index < -0.39 is 11.8 Å². The van der Waals surface area contributed by atoms with E-state index >= 15 is 0 Å². The lowest BCUT2D eigenvalue weighted by molar-refractivity contribution is 0.0526. The Kier molecular flexibility index (Phi) is 3.23. The molecule has 1 aromatic rings. The summed E-state index contributed by atoms with van der Waals surface area (Å²) in [6.07, 6.45) is -0.0153. The minimum atomic E-state index is -1.16. The van der Waals surface area contributed by atoms with Gasteiger partial charge in [0.2, 0.25) is 0 Å². The number of carboxylic acid groups (broad SMARTS) is 1. The molecule has 0 saturated carbocycles. The van der Waals surface area contributed by atoms with Crippen molar-refractivity contribution in [3.8, 4) is 0 Å².